The molecule has 0 saturated carbocycles. The first-order valence-corrected chi connectivity index (χ1v) is 22.0. The molecule has 64 heavy (non-hydrogen) atoms. The number of hydrogen-bond donors (Lipinski definition) is 0. The van der Waals surface area contributed by atoms with E-state index in [4.69, 9.17) is 0 Å². The Kier molecular flexibility index (Phi) is 9.20. The highest BCUT2D eigenvalue weighted by molar-refractivity contribution is 6.24. The average Bonchev–Trinajstić information content (AvgIpc) is 3.72. The molecule has 300 valence electrons. The molecule has 0 N–H and O–H groups in total. The van der Waals surface area contributed by atoms with E-state index in [2.05, 4.69) is 264 Å². The van der Waals surface area contributed by atoms with Crippen molar-refractivity contribution in [2.24, 2.45) is 0 Å². The number of hydrogen-bond acceptors (Lipinski definition) is 1. The summed E-state index contributed by atoms with van der Waals surface area (Å²) < 4.78 is 2.42. The van der Waals surface area contributed by atoms with Gasteiger partial charge in [0.1, 0.15) is 0 Å². The summed E-state index contributed by atoms with van der Waals surface area (Å²) in [6, 6.07) is 92.5. The number of aromatic nitrogens is 1. The second kappa shape index (κ2) is 15.8. The summed E-state index contributed by atoms with van der Waals surface area (Å²) in [6.07, 6.45) is 0. The number of para-hydroxylation sites is 1. The highest BCUT2D eigenvalue weighted by Crippen LogP contribution is 2.42. The number of rotatable bonds is 8. The second-order valence-electron chi connectivity index (χ2n) is 16.5. The molecule has 12 rings (SSSR count). The highest BCUT2D eigenvalue weighted by atomic mass is 15.1. The lowest BCUT2D eigenvalue weighted by Crippen LogP contribution is -2.10. The summed E-state index contributed by atoms with van der Waals surface area (Å²) in [4.78, 5) is 2.36. The third-order valence-electron chi connectivity index (χ3n) is 12.8. The van der Waals surface area contributed by atoms with Crippen LogP contribution >= 0.6 is 0 Å². The lowest BCUT2D eigenvalue weighted by atomic mass is 9.94. The first kappa shape index (κ1) is 37.3. The predicted octanol–water partition coefficient (Wildman–Crippen LogP) is 17.2. The van der Waals surface area contributed by atoms with Crippen molar-refractivity contribution in [3.8, 4) is 50.2 Å². The Labute approximate surface area is 373 Å². The van der Waals surface area contributed by atoms with Gasteiger partial charge in [0.2, 0.25) is 0 Å². The van der Waals surface area contributed by atoms with Crippen LogP contribution in [-0.4, -0.2) is 4.57 Å². The average molecular weight is 815 g/mol. The maximum atomic E-state index is 2.42. The van der Waals surface area contributed by atoms with E-state index in [1.54, 1.807) is 0 Å². The quantitative estimate of drug-likeness (QED) is 0.148. The molecule has 0 radical (unpaired) electrons. The Morgan fingerprint density at radius 1 is 0.266 bits per heavy atom. The first-order chi connectivity index (χ1) is 31.7. The van der Waals surface area contributed by atoms with Gasteiger partial charge in [0.05, 0.1) is 11.0 Å². The van der Waals surface area contributed by atoms with Gasteiger partial charge in [0.25, 0.3) is 0 Å². The van der Waals surface area contributed by atoms with Crippen LogP contribution in [0.25, 0.3) is 93.5 Å². The van der Waals surface area contributed by atoms with Crippen LogP contribution in [0, 0.1) is 0 Å². The van der Waals surface area contributed by atoms with E-state index in [9.17, 15) is 0 Å². The van der Waals surface area contributed by atoms with Gasteiger partial charge in [-0.25, -0.2) is 0 Å². The Balaban J connectivity index is 0.915. The van der Waals surface area contributed by atoms with Gasteiger partial charge in [-0.1, -0.05) is 194 Å². The SMILES string of the molecule is c1ccc(-c2cccc(N(c3ccc(-c4ccc(-n5c6ccccc6c6c7c(-c8ccccc8)cccc7ccc65)cc4)cc3)c3ccc(-c4cccc5ccccc45)cc3)c2)cc1. The largest absolute Gasteiger partial charge is 0.310 e. The molecule has 0 unspecified atom stereocenters. The lowest BCUT2D eigenvalue weighted by Gasteiger charge is -2.26. The first-order valence-electron chi connectivity index (χ1n) is 22.0. The van der Waals surface area contributed by atoms with Crippen molar-refractivity contribution in [3.05, 3.63) is 255 Å². The van der Waals surface area contributed by atoms with E-state index in [1.165, 1.54) is 87.9 Å². The molecule has 2 nitrogen and oxygen atoms in total. The van der Waals surface area contributed by atoms with Crippen LogP contribution in [0.2, 0.25) is 0 Å². The van der Waals surface area contributed by atoms with Gasteiger partial charge in [-0.3, -0.25) is 0 Å². The van der Waals surface area contributed by atoms with Gasteiger partial charge in [-0.15, -0.1) is 0 Å². The summed E-state index contributed by atoms with van der Waals surface area (Å²) >= 11 is 0. The molecule has 0 spiro atoms. The van der Waals surface area contributed by atoms with Crippen LogP contribution in [0.1, 0.15) is 0 Å². The maximum absolute atomic E-state index is 2.42. The smallest absolute Gasteiger partial charge is 0.0547 e. The van der Waals surface area contributed by atoms with Gasteiger partial charge in [0.15, 0.2) is 0 Å². The van der Waals surface area contributed by atoms with Crippen LogP contribution < -0.4 is 4.90 Å². The van der Waals surface area contributed by atoms with Crippen LogP contribution in [-0.2, 0) is 0 Å². The lowest BCUT2D eigenvalue weighted by molar-refractivity contribution is 1.18. The van der Waals surface area contributed by atoms with Crippen molar-refractivity contribution >= 4 is 60.4 Å². The van der Waals surface area contributed by atoms with Crippen molar-refractivity contribution in [2.45, 2.75) is 0 Å². The number of benzene rings is 11. The van der Waals surface area contributed by atoms with Crippen molar-refractivity contribution in [3.63, 3.8) is 0 Å². The fourth-order valence-electron chi connectivity index (χ4n) is 9.75. The Morgan fingerprint density at radius 2 is 0.781 bits per heavy atom. The van der Waals surface area contributed by atoms with E-state index in [0.29, 0.717) is 0 Å². The zero-order chi connectivity index (χ0) is 42.4. The molecular weight excluding hydrogens is 773 g/mol. The number of fused-ring (bicyclic) bond motifs is 6. The minimum absolute atomic E-state index is 1.09. The summed E-state index contributed by atoms with van der Waals surface area (Å²) in [5.41, 5.74) is 16.5. The zero-order valence-corrected chi connectivity index (χ0v) is 35.1. The van der Waals surface area contributed by atoms with Crippen molar-refractivity contribution in [1.29, 1.82) is 0 Å². The van der Waals surface area contributed by atoms with Crippen LogP contribution in [0.3, 0.4) is 0 Å². The molecular formula is C62H42N2. The molecule has 0 aliphatic carbocycles. The predicted molar refractivity (Wildman–Crippen MR) is 272 cm³/mol. The summed E-state index contributed by atoms with van der Waals surface area (Å²) in [6.45, 7) is 0. The molecule has 12 aromatic rings. The Hall–Kier alpha value is -8.46. The summed E-state index contributed by atoms with van der Waals surface area (Å²) in [5, 5.41) is 7.59. The van der Waals surface area contributed by atoms with Gasteiger partial charge in [-0.2, -0.15) is 0 Å². The zero-order valence-electron chi connectivity index (χ0n) is 35.1. The third kappa shape index (κ3) is 6.52. The molecule has 0 amide bonds. The van der Waals surface area contributed by atoms with E-state index in [1.807, 2.05) is 0 Å². The van der Waals surface area contributed by atoms with Crippen molar-refractivity contribution in [1.82, 2.24) is 4.57 Å². The van der Waals surface area contributed by atoms with Gasteiger partial charge < -0.3 is 9.47 Å². The van der Waals surface area contributed by atoms with Crippen molar-refractivity contribution < 1.29 is 0 Å². The van der Waals surface area contributed by atoms with Crippen LogP contribution in [0.15, 0.2) is 255 Å². The van der Waals surface area contributed by atoms with Crippen LogP contribution in [0.5, 0.6) is 0 Å². The molecule has 0 aliphatic heterocycles. The van der Waals surface area contributed by atoms with E-state index in [-0.39, 0.29) is 0 Å². The minimum Gasteiger partial charge on any atom is -0.310 e. The van der Waals surface area contributed by atoms with Gasteiger partial charge >= 0.3 is 0 Å². The standard InChI is InChI=1S/C62H42N2/c1-3-14-43(15-4-1)50-21-11-22-54(42-50)63(52-39-32-48(33-40-52)56-25-12-19-46-18-7-8-23-55(46)56)51-35-28-44(29-36-51)45-30-37-53(38-31-45)64-59-27-10-9-24-58(59)62-60(64)41-34-49-20-13-26-57(61(49)62)47-16-5-2-6-17-47/h1-42H. The normalized spacial score (nSPS) is 11.4. The highest BCUT2D eigenvalue weighted by Gasteiger charge is 2.18. The molecule has 0 atom stereocenters. The molecule has 2 heteroatoms. The fourth-order valence-corrected chi connectivity index (χ4v) is 9.75. The number of anilines is 3. The van der Waals surface area contributed by atoms with E-state index >= 15 is 0 Å². The summed E-state index contributed by atoms with van der Waals surface area (Å²) in [5.74, 6) is 0. The van der Waals surface area contributed by atoms with Gasteiger partial charge in [-0.05, 0) is 127 Å². The summed E-state index contributed by atoms with van der Waals surface area (Å²) in [7, 11) is 0. The third-order valence-corrected chi connectivity index (χ3v) is 12.8. The van der Waals surface area contributed by atoms with Gasteiger partial charge in [0, 0.05) is 33.5 Å². The van der Waals surface area contributed by atoms with Crippen molar-refractivity contribution in [2.75, 3.05) is 4.90 Å². The fraction of sp³-hybridized carbons (Fsp3) is 0. The van der Waals surface area contributed by atoms with E-state index in [0.717, 1.165) is 22.7 Å². The molecule has 11 aromatic carbocycles. The molecule has 0 bridgehead atoms. The molecule has 1 aromatic heterocycles. The maximum Gasteiger partial charge on any atom is 0.0547 e. The topological polar surface area (TPSA) is 8.17 Å². The van der Waals surface area contributed by atoms with E-state index < -0.39 is 0 Å². The Morgan fingerprint density at radius 3 is 1.52 bits per heavy atom. The molecule has 0 fully saturated rings. The second-order valence-corrected chi connectivity index (χ2v) is 16.5. The minimum atomic E-state index is 1.09. The Bertz CT molecular complexity index is 3620. The molecule has 0 saturated heterocycles. The molecule has 0 aliphatic rings. The van der Waals surface area contributed by atoms with Crippen LogP contribution in [0.4, 0.5) is 17.1 Å². The molecule has 1 heterocycles. The number of nitrogens with zero attached hydrogens (tertiary/aromatic N) is 2. The monoisotopic (exact) mass is 814 g/mol.